The van der Waals surface area contributed by atoms with Gasteiger partial charge in [0.05, 0.1) is 6.61 Å². The molecule has 1 amide bonds. The average molecular weight is 193 g/mol. The molecule has 3 nitrogen and oxygen atoms in total. The lowest BCUT2D eigenvalue weighted by Crippen LogP contribution is -2.26. The molecule has 0 fully saturated rings. The number of hydrogen-bond acceptors (Lipinski definition) is 2. The van der Waals surface area contributed by atoms with Crippen molar-refractivity contribution in [2.75, 3.05) is 13.2 Å². The van der Waals surface area contributed by atoms with Crippen LogP contribution in [0, 0.1) is 13.8 Å². The molecular weight excluding hydrogens is 178 g/mol. The highest BCUT2D eigenvalue weighted by Gasteiger charge is 2.04. The Labute approximate surface area is 83.8 Å². The number of nitrogens with one attached hydrogen (secondary N) is 1. The zero-order valence-electron chi connectivity index (χ0n) is 8.50. The number of aryl methyl sites for hydroxylation is 2. The standard InChI is InChI=1S/C11H15NO2/c1-8-5-9(2)7-10(6-8)11(14)12-3-4-13/h5-7,13H,3-4H2,1-2H3,(H,12,14). The largest absolute Gasteiger partial charge is 0.395 e. The number of amides is 1. The fourth-order valence-electron chi connectivity index (χ4n) is 1.38. The van der Waals surface area contributed by atoms with Crippen molar-refractivity contribution in [1.82, 2.24) is 5.32 Å². The smallest absolute Gasteiger partial charge is 0.251 e. The maximum atomic E-state index is 11.5. The SMILES string of the molecule is Cc1cc(C)cc(C(=O)NCCO)c1. The Bertz CT molecular complexity index is 314. The van der Waals surface area contributed by atoms with E-state index in [-0.39, 0.29) is 12.5 Å². The Morgan fingerprint density at radius 1 is 1.29 bits per heavy atom. The first-order valence-electron chi connectivity index (χ1n) is 4.61. The quantitative estimate of drug-likeness (QED) is 0.753. The molecule has 1 aromatic rings. The van der Waals surface area contributed by atoms with Crippen LogP contribution in [0.4, 0.5) is 0 Å². The summed E-state index contributed by atoms with van der Waals surface area (Å²) in [4.78, 5) is 11.5. The first-order chi connectivity index (χ1) is 6.63. The molecule has 3 heteroatoms. The molecule has 0 aliphatic heterocycles. The van der Waals surface area contributed by atoms with Crippen LogP contribution in [0.15, 0.2) is 18.2 Å². The summed E-state index contributed by atoms with van der Waals surface area (Å²) in [5.41, 5.74) is 2.79. The molecule has 0 radical (unpaired) electrons. The van der Waals surface area contributed by atoms with Gasteiger partial charge in [0.15, 0.2) is 0 Å². The van der Waals surface area contributed by atoms with E-state index in [2.05, 4.69) is 5.32 Å². The molecule has 1 rings (SSSR count). The van der Waals surface area contributed by atoms with E-state index in [0.717, 1.165) is 11.1 Å². The molecule has 0 saturated carbocycles. The number of carbonyl (C=O) groups is 1. The van der Waals surface area contributed by atoms with Crippen LogP contribution in [0.5, 0.6) is 0 Å². The zero-order chi connectivity index (χ0) is 10.6. The van der Waals surface area contributed by atoms with Crippen molar-refractivity contribution in [3.63, 3.8) is 0 Å². The normalized spacial score (nSPS) is 9.93. The van der Waals surface area contributed by atoms with E-state index in [9.17, 15) is 4.79 Å². The van der Waals surface area contributed by atoms with Gasteiger partial charge >= 0.3 is 0 Å². The molecule has 1 aromatic carbocycles. The van der Waals surface area contributed by atoms with Gasteiger partial charge in [-0.15, -0.1) is 0 Å². The Kier molecular flexibility index (Phi) is 3.65. The van der Waals surface area contributed by atoms with Crippen molar-refractivity contribution in [2.24, 2.45) is 0 Å². The molecule has 0 aliphatic rings. The summed E-state index contributed by atoms with van der Waals surface area (Å²) in [7, 11) is 0. The Morgan fingerprint density at radius 2 is 1.86 bits per heavy atom. The second-order valence-corrected chi connectivity index (χ2v) is 3.36. The van der Waals surface area contributed by atoms with Gasteiger partial charge in [-0.3, -0.25) is 4.79 Å². The molecule has 14 heavy (non-hydrogen) atoms. The van der Waals surface area contributed by atoms with Crippen molar-refractivity contribution in [3.05, 3.63) is 34.9 Å². The number of rotatable bonds is 3. The zero-order valence-corrected chi connectivity index (χ0v) is 8.50. The van der Waals surface area contributed by atoms with Crippen LogP contribution >= 0.6 is 0 Å². The van der Waals surface area contributed by atoms with Gasteiger partial charge < -0.3 is 10.4 Å². The van der Waals surface area contributed by atoms with E-state index < -0.39 is 0 Å². The lowest BCUT2D eigenvalue weighted by molar-refractivity contribution is 0.0944. The molecule has 0 atom stereocenters. The third-order valence-corrected chi connectivity index (χ3v) is 1.88. The molecule has 0 unspecified atom stereocenters. The highest BCUT2D eigenvalue weighted by Crippen LogP contribution is 2.08. The lowest BCUT2D eigenvalue weighted by atomic mass is 10.1. The van der Waals surface area contributed by atoms with Gasteiger partial charge in [0, 0.05) is 12.1 Å². The maximum absolute atomic E-state index is 11.5. The lowest BCUT2D eigenvalue weighted by Gasteiger charge is -2.05. The van der Waals surface area contributed by atoms with E-state index in [0.29, 0.717) is 12.1 Å². The van der Waals surface area contributed by atoms with Crippen molar-refractivity contribution >= 4 is 5.91 Å². The number of carbonyl (C=O) groups excluding carboxylic acids is 1. The average Bonchev–Trinajstić information content (AvgIpc) is 2.12. The summed E-state index contributed by atoms with van der Waals surface area (Å²) in [5.74, 6) is -0.133. The van der Waals surface area contributed by atoms with Gasteiger partial charge in [0.1, 0.15) is 0 Å². The molecule has 0 heterocycles. The van der Waals surface area contributed by atoms with Crippen LogP contribution < -0.4 is 5.32 Å². The molecule has 0 aliphatic carbocycles. The second-order valence-electron chi connectivity index (χ2n) is 3.36. The summed E-state index contributed by atoms with van der Waals surface area (Å²) >= 11 is 0. The fraction of sp³-hybridized carbons (Fsp3) is 0.364. The topological polar surface area (TPSA) is 49.3 Å². The fourth-order valence-corrected chi connectivity index (χ4v) is 1.38. The van der Waals surface area contributed by atoms with E-state index >= 15 is 0 Å². The van der Waals surface area contributed by atoms with Gasteiger partial charge in [-0.25, -0.2) is 0 Å². The van der Waals surface area contributed by atoms with Gasteiger partial charge in [-0.05, 0) is 26.0 Å². The Balaban J connectivity index is 2.79. The van der Waals surface area contributed by atoms with Crippen LogP contribution in [0.3, 0.4) is 0 Å². The molecular formula is C11H15NO2. The molecule has 0 bridgehead atoms. The summed E-state index contributed by atoms with van der Waals surface area (Å²) in [6.45, 7) is 4.17. The summed E-state index contributed by atoms with van der Waals surface area (Å²) < 4.78 is 0. The van der Waals surface area contributed by atoms with E-state index in [1.807, 2.05) is 32.0 Å². The van der Waals surface area contributed by atoms with Gasteiger partial charge in [0.25, 0.3) is 5.91 Å². The molecule has 0 saturated heterocycles. The number of benzene rings is 1. The van der Waals surface area contributed by atoms with E-state index in [1.54, 1.807) is 0 Å². The molecule has 0 aromatic heterocycles. The minimum atomic E-state index is -0.133. The Morgan fingerprint density at radius 3 is 2.36 bits per heavy atom. The monoisotopic (exact) mass is 193 g/mol. The first-order valence-corrected chi connectivity index (χ1v) is 4.61. The summed E-state index contributed by atoms with van der Waals surface area (Å²) in [6.07, 6.45) is 0. The second kappa shape index (κ2) is 4.77. The maximum Gasteiger partial charge on any atom is 0.251 e. The highest BCUT2D eigenvalue weighted by molar-refractivity contribution is 5.94. The van der Waals surface area contributed by atoms with Crippen molar-refractivity contribution < 1.29 is 9.90 Å². The van der Waals surface area contributed by atoms with Crippen LogP contribution in [0.25, 0.3) is 0 Å². The van der Waals surface area contributed by atoms with Gasteiger partial charge in [-0.1, -0.05) is 17.2 Å². The van der Waals surface area contributed by atoms with Crippen LogP contribution in [0.1, 0.15) is 21.5 Å². The number of aliphatic hydroxyl groups is 1. The molecule has 2 N–H and O–H groups in total. The predicted molar refractivity (Wildman–Crippen MR) is 55.3 cm³/mol. The van der Waals surface area contributed by atoms with Crippen LogP contribution in [0.2, 0.25) is 0 Å². The minimum absolute atomic E-state index is 0.0312. The summed E-state index contributed by atoms with van der Waals surface area (Å²) in [5, 5.41) is 11.2. The molecule has 0 spiro atoms. The predicted octanol–water partition coefficient (Wildman–Crippen LogP) is 1.03. The first kappa shape index (κ1) is 10.7. The van der Waals surface area contributed by atoms with Gasteiger partial charge in [-0.2, -0.15) is 0 Å². The molecule has 76 valence electrons. The van der Waals surface area contributed by atoms with Crippen molar-refractivity contribution in [2.45, 2.75) is 13.8 Å². The van der Waals surface area contributed by atoms with Gasteiger partial charge in [0.2, 0.25) is 0 Å². The van der Waals surface area contributed by atoms with Crippen LogP contribution in [-0.2, 0) is 0 Å². The van der Waals surface area contributed by atoms with E-state index in [4.69, 9.17) is 5.11 Å². The third-order valence-electron chi connectivity index (χ3n) is 1.88. The third kappa shape index (κ3) is 2.85. The summed E-state index contributed by atoms with van der Waals surface area (Å²) in [6, 6.07) is 5.68. The van der Waals surface area contributed by atoms with Crippen molar-refractivity contribution in [1.29, 1.82) is 0 Å². The van der Waals surface area contributed by atoms with Crippen molar-refractivity contribution in [3.8, 4) is 0 Å². The van der Waals surface area contributed by atoms with Crippen LogP contribution in [-0.4, -0.2) is 24.2 Å². The minimum Gasteiger partial charge on any atom is -0.395 e. The Hall–Kier alpha value is -1.35. The highest BCUT2D eigenvalue weighted by atomic mass is 16.3. The number of aliphatic hydroxyl groups excluding tert-OH is 1. The number of hydrogen-bond donors (Lipinski definition) is 2. The van der Waals surface area contributed by atoms with E-state index in [1.165, 1.54) is 0 Å².